The van der Waals surface area contributed by atoms with Gasteiger partial charge in [0.25, 0.3) is 0 Å². The number of hydrogen-bond acceptors (Lipinski definition) is 3. The second-order valence-corrected chi connectivity index (χ2v) is 6.10. The lowest BCUT2D eigenvalue weighted by atomic mass is 9.92. The van der Waals surface area contributed by atoms with Crippen molar-refractivity contribution in [3.05, 3.63) is 23.5 Å². The summed E-state index contributed by atoms with van der Waals surface area (Å²) in [5, 5.41) is 3.73. The van der Waals surface area contributed by atoms with Crippen LogP contribution >= 0.6 is 0 Å². The quantitative estimate of drug-likeness (QED) is 0.866. The molecule has 1 aliphatic carbocycles. The molecule has 0 spiro atoms. The molecule has 1 atom stereocenters. The summed E-state index contributed by atoms with van der Waals surface area (Å²) in [5.41, 5.74) is 3.88. The number of hydrogen-bond donors (Lipinski definition) is 1. The van der Waals surface area contributed by atoms with Crippen molar-refractivity contribution in [1.29, 1.82) is 0 Å². The second kappa shape index (κ2) is 4.23. The van der Waals surface area contributed by atoms with Crippen LogP contribution in [0.3, 0.4) is 0 Å². The third-order valence-electron chi connectivity index (χ3n) is 4.45. The molecule has 0 aromatic carbocycles. The van der Waals surface area contributed by atoms with Crippen molar-refractivity contribution in [2.45, 2.75) is 39.2 Å². The summed E-state index contributed by atoms with van der Waals surface area (Å²) in [5.74, 6) is 0.874. The molecule has 1 aromatic heterocycles. The first-order valence-corrected chi connectivity index (χ1v) is 7.03. The molecule has 3 nitrogen and oxygen atoms in total. The smallest absolute Gasteiger partial charge is 0.0608 e. The highest BCUT2D eigenvalue weighted by atomic mass is 15.2. The molecule has 0 bridgehead atoms. The Hall–Kier alpha value is -1.09. The maximum absolute atomic E-state index is 4.59. The lowest BCUT2D eigenvalue weighted by Gasteiger charge is -2.43. The van der Waals surface area contributed by atoms with Crippen LogP contribution in [0.25, 0.3) is 0 Å². The van der Waals surface area contributed by atoms with Crippen molar-refractivity contribution in [3.8, 4) is 0 Å². The highest BCUT2D eigenvalue weighted by Gasteiger charge is 2.44. The number of pyridine rings is 1. The second-order valence-electron chi connectivity index (χ2n) is 6.10. The maximum Gasteiger partial charge on any atom is 0.0608 e. The molecule has 1 saturated heterocycles. The molecule has 1 unspecified atom stereocenters. The Balaban J connectivity index is 1.83. The van der Waals surface area contributed by atoms with E-state index in [1.54, 1.807) is 0 Å². The molecule has 3 rings (SSSR count). The van der Waals surface area contributed by atoms with Gasteiger partial charge in [-0.15, -0.1) is 0 Å². The summed E-state index contributed by atoms with van der Waals surface area (Å²) < 4.78 is 0. The molecule has 18 heavy (non-hydrogen) atoms. The summed E-state index contributed by atoms with van der Waals surface area (Å²) in [6, 6.07) is 4.36. The Labute approximate surface area is 110 Å². The molecule has 2 fully saturated rings. The van der Waals surface area contributed by atoms with Gasteiger partial charge in [0.15, 0.2) is 0 Å². The van der Waals surface area contributed by atoms with Crippen molar-refractivity contribution in [2.75, 3.05) is 24.5 Å². The van der Waals surface area contributed by atoms with Crippen LogP contribution in [0.15, 0.2) is 12.1 Å². The van der Waals surface area contributed by atoms with Crippen molar-refractivity contribution >= 4 is 5.69 Å². The molecule has 0 radical (unpaired) electrons. The molecule has 98 valence electrons. The summed E-state index contributed by atoms with van der Waals surface area (Å²) >= 11 is 0. The van der Waals surface area contributed by atoms with Gasteiger partial charge in [-0.25, -0.2) is 0 Å². The largest absolute Gasteiger partial charge is 0.367 e. The summed E-state index contributed by atoms with van der Waals surface area (Å²) in [4.78, 5) is 7.11. The first-order chi connectivity index (χ1) is 8.58. The summed E-state index contributed by atoms with van der Waals surface area (Å²) in [6.07, 6.45) is 2.78. The Morgan fingerprint density at radius 1 is 1.33 bits per heavy atom. The van der Waals surface area contributed by atoms with E-state index >= 15 is 0 Å². The van der Waals surface area contributed by atoms with Crippen LogP contribution in [0.4, 0.5) is 5.69 Å². The summed E-state index contributed by atoms with van der Waals surface area (Å²) in [6.45, 7) is 9.85. The van der Waals surface area contributed by atoms with Gasteiger partial charge >= 0.3 is 0 Å². The van der Waals surface area contributed by atoms with Crippen molar-refractivity contribution in [1.82, 2.24) is 10.3 Å². The topological polar surface area (TPSA) is 28.2 Å². The van der Waals surface area contributed by atoms with Crippen LogP contribution in [0.1, 0.15) is 31.2 Å². The van der Waals surface area contributed by atoms with E-state index in [-0.39, 0.29) is 0 Å². The fourth-order valence-corrected chi connectivity index (χ4v) is 3.22. The van der Waals surface area contributed by atoms with Gasteiger partial charge in [-0.3, -0.25) is 4.98 Å². The first-order valence-electron chi connectivity index (χ1n) is 7.03. The van der Waals surface area contributed by atoms with E-state index in [9.17, 15) is 0 Å². The molecule has 1 N–H and O–H groups in total. The van der Waals surface area contributed by atoms with Gasteiger partial charge in [0.2, 0.25) is 0 Å². The number of nitrogens with zero attached hydrogens (tertiary/aromatic N) is 2. The van der Waals surface area contributed by atoms with Crippen LogP contribution in [-0.2, 0) is 0 Å². The standard InChI is InChI=1S/C15H23N3/c1-11-4-7-14(12(2)17-11)18-9-8-16-15(3,10-18)13-5-6-13/h4,7,13,16H,5-6,8-10H2,1-3H3. The van der Waals surface area contributed by atoms with Gasteiger partial charge in [-0.05, 0) is 51.7 Å². The number of rotatable bonds is 2. The monoisotopic (exact) mass is 245 g/mol. The Morgan fingerprint density at radius 3 is 2.78 bits per heavy atom. The third-order valence-corrected chi connectivity index (χ3v) is 4.45. The van der Waals surface area contributed by atoms with E-state index in [1.165, 1.54) is 18.5 Å². The predicted molar refractivity (Wildman–Crippen MR) is 75.1 cm³/mol. The Bertz CT molecular complexity index is 453. The molecule has 1 saturated carbocycles. The van der Waals surface area contributed by atoms with E-state index in [0.29, 0.717) is 5.54 Å². The number of aryl methyl sites for hydroxylation is 2. The highest BCUT2D eigenvalue weighted by molar-refractivity contribution is 5.51. The average Bonchev–Trinajstić information content (AvgIpc) is 3.12. The van der Waals surface area contributed by atoms with Crippen molar-refractivity contribution in [2.24, 2.45) is 5.92 Å². The maximum atomic E-state index is 4.59. The number of piperazine rings is 1. The van der Waals surface area contributed by atoms with E-state index in [4.69, 9.17) is 0 Å². The van der Waals surface area contributed by atoms with Gasteiger partial charge in [0.1, 0.15) is 0 Å². The van der Waals surface area contributed by atoms with E-state index in [2.05, 4.69) is 48.1 Å². The molecule has 2 heterocycles. The normalized spacial score (nSPS) is 28.5. The average molecular weight is 245 g/mol. The number of nitrogens with one attached hydrogen (secondary N) is 1. The first kappa shape index (κ1) is 12.0. The van der Waals surface area contributed by atoms with Gasteiger partial charge in [0, 0.05) is 30.9 Å². The lowest BCUT2D eigenvalue weighted by molar-refractivity contribution is 0.285. The summed E-state index contributed by atoms with van der Waals surface area (Å²) in [7, 11) is 0. The molecule has 1 aromatic rings. The SMILES string of the molecule is Cc1ccc(N2CCNC(C)(C3CC3)C2)c(C)n1. The Kier molecular flexibility index (Phi) is 2.81. The van der Waals surface area contributed by atoms with Gasteiger partial charge in [0.05, 0.1) is 11.4 Å². The fraction of sp³-hybridized carbons (Fsp3) is 0.667. The van der Waals surface area contributed by atoms with E-state index < -0.39 is 0 Å². The molecular formula is C15H23N3. The third kappa shape index (κ3) is 2.12. The zero-order valence-electron chi connectivity index (χ0n) is 11.7. The minimum absolute atomic E-state index is 0.301. The van der Waals surface area contributed by atoms with Gasteiger partial charge < -0.3 is 10.2 Å². The molecule has 1 aliphatic heterocycles. The van der Waals surface area contributed by atoms with Crippen LogP contribution < -0.4 is 10.2 Å². The molecule has 3 heteroatoms. The van der Waals surface area contributed by atoms with Crippen molar-refractivity contribution in [3.63, 3.8) is 0 Å². The van der Waals surface area contributed by atoms with Crippen LogP contribution in [0.2, 0.25) is 0 Å². The van der Waals surface area contributed by atoms with Crippen LogP contribution in [-0.4, -0.2) is 30.2 Å². The lowest BCUT2D eigenvalue weighted by Crippen LogP contribution is -2.60. The zero-order chi connectivity index (χ0) is 12.8. The van der Waals surface area contributed by atoms with Crippen molar-refractivity contribution < 1.29 is 0 Å². The predicted octanol–water partition coefficient (Wildman–Crippen LogP) is 2.28. The minimum Gasteiger partial charge on any atom is -0.367 e. The van der Waals surface area contributed by atoms with E-state index in [1.807, 2.05) is 0 Å². The van der Waals surface area contributed by atoms with E-state index in [0.717, 1.165) is 36.9 Å². The number of aromatic nitrogens is 1. The van der Waals surface area contributed by atoms with Crippen LogP contribution in [0, 0.1) is 19.8 Å². The van der Waals surface area contributed by atoms with Crippen LogP contribution in [0.5, 0.6) is 0 Å². The fourth-order valence-electron chi connectivity index (χ4n) is 3.22. The van der Waals surface area contributed by atoms with Gasteiger partial charge in [-0.1, -0.05) is 0 Å². The van der Waals surface area contributed by atoms with Gasteiger partial charge in [-0.2, -0.15) is 0 Å². The molecule has 0 amide bonds. The zero-order valence-corrected chi connectivity index (χ0v) is 11.7. The minimum atomic E-state index is 0.301. The molecular weight excluding hydrogens is 222 g/mol. The molecule has 2 aliphatic rings. The highest BCUT2D eigenvalue weighted by Crippen LogP contribution is 2.41. The Morgan fingerprint density at radius 2 is 2.11 bits per heavy atom. The number of anilines is 1.